The van der Waals surface area contributed by atoms with Crippen molar-refractivity contribution >= 4 is 15.8 Å². The van der Waals surface area contributed by atoms with Crippen LogP contribution in [0.2, 0.25) is 0 Å². The number of hydrogen-bond donors (Lipinski definition) is 1. The van der Waals surface area contributed by atoms with E-state index in [9.17, 15) is 13.2 Å². The Balaban J connectivity index is 2.06. The molecule has 3 aromatic rings. The second-order valence-corrected chi connectivity index (χ2v) is 8.48. The Hall–Kier alpha value is -3.30. The first kappa shape index (κ1) is 20.4. The van der Waals surface area contributed by atoms with E-state index in [0.29, 0.717) is 23.5 Å². The van der Waals surface area contributed by atoms with Crippen LogP contribution in [-0.4, -0.2) is 26.1 Å². The molecular formula is C23H20O5S. The van der Waals surface area contributed by atoms with Crippen molar-refractivity contribution in [3.05, 3.63) is 77.9 Å². The molecule has 0 heterocycles. The van der Waals surface area contributed by atoms with E-state index < -0.39 is 15.8 Å². The number of aliphatic carboxylic acids is 1. The predicted molar refractivity (Wildman–Crippen MR) is 109 cm³/mol. The van der Waals surface area contributed by atoms with Crippen LogP contribution < -0.4 is 4.74 Å². The van der Waals surface area contributed by atoms with Crippen molar-refractivity contribution < 1.29 is 23.1 Å². The maximum atomic E-state index is 13.2. The lowest BCUT2D eigenvalue weighted by atomic mass is 10.1. The fourth-order valence-electron chi connectivity index (χ4n) is 2.90. The maximum absolute atomic E-state index is 13.2. The minimum absolute atomic E-state index is 0.0366. The van der Waals surface area contributed by atoms with E-state index in [1.807, 2.05) is 31.2 Å². The first-order valence-corrected chi connectivity index (χ1v) is 10.5. The van der Waals surface area contributed by atoms with Crippen LogP contribution in [0.3, 0.4) is 0 Å². The van der Waals surface area contributed by atoms with E-state index in [0.717, 1.165) is 11.1 Å². The number of carboxylic acids is 1. The second kappa shape index (κ2) is 8.38. The minimum atomic E-state index is -3.94. The van der Waals surface area contributed by atoms with Crippen LogP contribution in [0.4, 0.5) is 0 Å². The Labute approximate surface area is 170 Å². The maximum Gasteiger partial charge on any atom is 0.307 e. The lowest BCUT2D eigenvalue weighted by molar-refractivity contribution is -0.136. The summed E-state index contributed by atoms with van der Waals surface area (Å²) in [5.41, 5.74) is 3.02. The average molecular weight is 408 g/mol. The van der Waals surface area contributed by atoms with Crippen LogP contribution in [-0.2, 0) is 21.1 Å². The highest BCUT2D eigenvalue weighted by molar-refractivity contribution is 7.91. The third-order valence-electron chi connectivity index (χ3n) is 4.30. The van der Waals surface area contributed by atoms with Gasteiger partial charge in [-0.1, -0.05) is 35.9 Å². The molecule has 6 heteroatoms. The monoisotopic (exact) mass is 408 g/mol. The molecule has 0 saturated carbocycles. The van der Waals surface area contributed by atoms with E-state index in [1.165, 1.54) is 18.2 Å². The van der Waals surface area contributed by atoms with Gasteiger partial charge < -0.3 is 9.84 Å². The molecule has 0 fully saturated rings. The molecule has 0 amide bonds. The summed E-state index contributed by atoms with van der Waals surface area (Å²) in [6.45, 7) is 4.08. The first-order chi connectivity index (χ1) is 13.8. The van der Waals surface area contributed by atoms with Crippen molar-refractivity contribution in [2.45, 2.75) is 30.1 Å². The molecule has 3 aromatic carbocycles. The molecule has 0 atom stereocenters. The van der Waals surface area contributed by atoms with Gasteiger partial charge in [-0.05, 0) is 66.9 Å². The predicted octanol–water partition coefficient (Wildman–Crippen LogP) is 4.12. The van der Waals surface area contributed by atoms with Gasteiger partial charge in [0.05, 0.1) is 17.9 Å². The standard InChI is InChI=1S/C23H20O5S/c1-3-28-20-11-17(13-23(24)25)12-22(15-20)29(26,27)21-6-4-5-19(14-21)18-9-7-16(2)8-10-18/h5,7-12,14-15H,3,13H2,1-2H3,(H,24,25). The van der Waals surface area contributed by atoms with Gasteiger partial charge in [-0.15, -0.1) is 0 Å². The lowest BCUT2D eigenvalue weighted by Crippen LogP contribution is -2.06. The van der Waals surface area contributed by atoms with Crippen LogP contribution in [0.15, 0.2) is 64.4 Å². The van der Waals surface area contributed by atoms with Crippen LogP contribution in [0.25, 0.3) is 11.1 Å². The van der Waals surface area contributed by atoms with Crippen molar-refractivity contribution in [3.63, 3.8) is 0 Å². The molecule has 0 aliphatic heterocycles. The molecule has 5 nitrogen and oxygen atoms in total. The number of sulfone groups is 1. The third-order valence-corrected chi connectivity index (χ3v) is 5.96. The SMILES string of the molecule is CCOc1cc(CC(=O)O)cc(S(=O)(=O)c2c#ccc(-c3ccc(C)cc3)c2)c1. The molecule has 0 radical (unpaired) electrons. The molecule has 0 aromatic heterocycles. The molecule has 3 rings (SSSR count). The fraction of sp³-hybridized carbons (Fsp3) is 0.174. The molecule has 148 valence electrons. The number of benzene rings is 2. The summed E-state index contributed by atoms with van der Waals surface area (Å²) < 4.78 is 31.9. The van der Waals surface area contributed by atoms with Gasteiger partial charge >= 0.3 is 5.97 Å². The minimum Gasteiger partial charge on any atom is -0.494 e. The zero-order valence-corrected chi connectivity index (χ0v) is 16.9. The normalized spacial score (nSPS) is 11.0. The first-order valence-electron chi connectivity index (χ1n) is 9.03. The number of aryl methyl sites for hydroxylation is 1. The van der Waals surface area contributed by atoms with Gasteiger partial charge in [0.2, 0.25) is 9.84 Å². The molecule has 0 bridgehead atoms. The fourth-order valence-corrected chi connectivity index (χ4v) is 4.21. The summed E-state index contributed by atoms with van der Waals surface area (Å²) >= 11 is 0. The van der Waals surface area contributed by atoms with Gasteiger partial charge in [0.1, 0.15) is 10.6 Å². The zero-order chi connectivity index (χ0) is 21.0. The smallest absolute Gasteiger partial charge is 0.307 e. The van der Waals surface area contributed by atoms with Crippen LogP contribution in [0.1, 0.15) is 18.1 Å². The highest BCUT2D eigenvalue weighted by Gasteiger charge is 2.21. The topological polar surface area (TPSA) is 80.7 Å². The van der Waals surface area contributed by atoms with Crippen LogP contribution >= 0.6 is 0 Å². The Kier molecular flexibility index (Phi) is 5.90. The van der Waals surface area contributed by atoms with Gasteiger partial charge in [-0.2, -0.15) is 0 Å². The number of rotatable bonds is 7. The molecule has 0 unspecified atom stereocenters. The summed E-state index contributed by atoms with van der Waals surface area (Å²) in [6.07, 6.45) is -0.303. The largest absolute Gasteiger partial charge is 0.494 e. The lowest BCUT2D eigenvalue weighted by Gasteiger charge is -2.10. The summed E-state index contributed by atoms with van der Waals surface area (Å²) in [5, 5.41) is 9.08. The van der Waals surface area contributed by atoms with Gasteiger partial charge in [-0.3, -0.25) is 4.79 Å². The molecule has 1 N–H and O–H groups in total. The van der Waals surface area contributed by atoms with Gasteiger partial charge in [0.15, 0.2) is 0 Å². The second-order valence-electron chi connectivity index (χ2n) is 6.56. The molecule has 29 heavy (non-hydrogen) atoms. The van der Waals surface area contributed by atoms with Crippen molar-refractivity contribution in [1.29, 1.82) is 0 Å². The highest BCUT2D eigenvalue weighted by Crippen LogP contribution is 2.28. The average Bonchev–Trinajstić information content (AvgIpc) is 2.68. The summed E-state index contributed by atoms with van der Waals surface area (Å²) in [6, 6.07) is 20.7. The summed E-state index contributed by atoms with van der Waals surface area (Å²) in [7, 11) is -3.94. The van der Waals surface area contributed by atoms with Crippen LogP contribution in [0, 0.1) is 19.1 Å². The zero-order valence-electron chi connectivity index (χ0n) is 16.1. The van der Waals surface area contributed by atoms with Gasteiger partial charge in [0, 0.05) is 0 Å². The van der Waals surface area contributed by atoms with Crippen molar-refractivity contribution in [2.24, 2.45) is 0 Å². The van der Waals surface area contributed by atoms with E-state index in [-0.39, 0.29) is 16.2 Å². The number of ether oxygens (including phenoxy) is 1. The van der Waals surface area contributed by atoms with Gasteiger partial charge in [0.25, 0.3) is 0 Å². The Morgan fingerprint density at radius 1 is 1.07 bits per heavy atom. The number of carbonyl (C=O) groups is 1. The van der Waals surface area contributed by atoms with Crippen molar-refractivity contribution in [2.75, 3.05) is 6.61 Å². The number of carboxylic acid groups (broad SMARTS) is 1. The molecular weight excluding hydrogens is 388 g/mol. The van der Waals surface area contributed by atoms with E-state index in [1.54, 1.807) is 19.1 Å². The Morgan fingerprint density at radius 3 is 2.45 bits per heavy atom. The Bertz CT molecular complexity index is 1130. The Morgan fingerprint density at radius 2 is 1.79 bits per heavy atom. The molecule has 0 aliphatic rings. The van der Waals surface area contributed by atoms with Gasteiger partial charge in [-0.25, -0.2) is 8.42 Å². The van der Waals surface area contributed by atoms with E-state index in [2.05, 4.69) is 12.1 Å². The van der Waals surface area contributed by atoms with Crippen molar-refractivity contribution in [1.82, 2.24) is 0 Å². The van der Waals surface area contributed by atoms with Crippen molar-refractivity contribution in [3.8, 4) is 16.9 Å². The van der Waals surface area contributed by atoms with E-state index >= 15 is 0 Å². The quantitative estimate of drug-likeness (QED) is 0.636. The van der Waals surface area contributed by atoms with E-state index in [4.69, 9.17) is 9.84 Å². The third kappa shape index (κ3) is 4.76. The molecule has 0 spiro atoms. The van der Waals surface area contributed by atoms with Crippen LogP contribution in [0.5, 0.6) is 5.75 Å². The highest BCUT2D eigenvalue weighted by atomic mass is 32.2. The summed E-state index contributed by atoms with van der Waals surface area (Å²) in [5.74, 6) is -0.744. The summed E-state index contributed by atoms with van der Waals surface area (Å²) in [4.78, 5) is 11.0. The molecule has 0 saturated heterocycles. The molecule has 0 aliphatic carbocycles. The number of hydrogen-bond acceptors (Lipinski definition) is 4.